The van der Waals surface area contributed by atoms with Crippen LogP contribution in [0.25, 0.3) is 0 Å². The lowest BCUT2D eigenvalue weighted by atomic mass is 9.89. The summed E-state index contributed by atoms with van der Waals surface area (Å²) in [6.07, 6.45) is 0. The lowest BCUT2D eigenvalue weighted by Gasteiger charge is -2.50. The molecule has 0 radical (unpaired) electrons. The minimum Gasteiger partial charge on any atom is -0.380 e. The molecule has 2 atom stereocenters. The molecule has 0 aliphatic carbocycles. The lowest BCUT2D eigenvalue weighted by molar-refractivity contribution is -0.0245. The maximum atomic E-state index is 5.74. The summed E-state index contributed by atoms with van der Waals surface area (Å²) in [6, 6.07) is 1.13. The highest BCUT2D eigenvalue weighted by Crippen LogP contribution is 2.25. The number of hydrogen-bond acceptors (Lipinski definition) is 3. The Morgan fingerprint density at radius 3 is 2.37 bits per heavy atom. The molecular formula is C16H34N2O. The van der Waals surface area contributed by atoms with E-state index in [4.69, 9.17) is 4.74 Å². The van der Waals surface area contributed by atoms with Crippen LogP contribution >= 0.6 is 0 Å². The molecule has 19 heavy (non-hydrogen) atoms. The molecule has 0 aromatic heterocycles. The van der Waals surface area contributed by atoms with E-state index in [0.29, 0.717) is 23.9 Å². The summed E-state index contributed by atoms with van der Waals surface area (Å²) in [6.45, 7) is 19.8. The molecule has 1 rings (SSSR count). The first kappa shape index (κ1) is 16.9. The summed E-state index contributed by atoms with van der Waals surface area (Å²) < 4.78 is 5.74. The number of hydrogen-bond donors (Lipinski definition) is 1. The number of ether oxygens (including phenoxy) is 1. The zero-order valence-corrected chi connectivity index (χ0v) is 14.0. The van der Waals surface area contributed by atoms with Crippen LogP contribution in [0.5, 0.6) is 0 Å². The van der Waals surface area contributed by atoms with Crippen LogP contribution in [-0.2, 0) is 4.74 Å². The van der Waals surface area contributed by atoms with Crippen LogP contribution in [0.1, 0.15) is 48.5 Å². The zero-order valence-electron chi connectivity index (χ0n) is 14.0. The van der Waals surface area contributed by atoms with Crippen molar-refractivity contribution in [3.05, 3.63) is 0 Å². The van der Waals surface area contributed by atoms with E-state index < -0.39 is 0 Å². The van der Waals surface area contributed by atoms with E-state index in [9.17, 15) is 0 Å². The van der Waals surface area contributed by atoms with Crippen molar-refractivity contribution in [1.82, 2.24) is 10.2 Å². The highest BCUT2D eigenvalue weighted by atomic mass is 16.5. The standard InChI is InChI=1S/C16H34N2O/c1-8-19-10-15(13(4)5)18-11-16(6,7)17-9-14(18)12(2)3/h12-15,17H,8-11H2,1-7H3. The van der Waals surface area contributed by atoms with E-state index in [1.807, 2.05) is 0 Å². The molecular weight excluding hydrogens is 236 g/mol. The van der Waals surface area contributed by atoms with Gasteiger partial charge in [0, 0.05) is 37.3 Å². The van der Waals surface area contributed by atoms with Gasteiger partial charge in [0.2, 0.25) is 0 Å². The summed E-state index contributed by atoms with van der Waals surface area (Å²) in [5.41, 5.74) is 0.199. The van der Waals surface area contributed by atoms with Crippen molar-refractivity contribution >= 4 is 0 Å². The fraction of sp³-hybridized carbons (Fsp3) is 1.00. The molecule has 1 aliphatic heterocycles. The van der Waals surface area contributed by atoms with E-state index in [2.05, 4.69) is 58.7 Å². The molecule has 0 aromatic carbocycles. The van der Waals surface area contributed by atoms with Crippen molar-refractivity contribution in [2.45, 2.75) is 66.1 Å². The largest absolute Gasteiger partial charge is 0.380 e. The van der Waals surface area contributed by atoms with Crippen LogP contribution in [0.2, 0.25) is 0 Å². The van der Waals surface area contributed by atoms with Gasteiger partial charge in [-0.2, -0.15) is 0 Å². The molecule has 114 valence electrons. The van der Waals surface area contributed by atoms with Gasteiger partial charge >= 0.3 is 0 Å². The Labute approximate surface area is 120 Å². The van der Waals surface area contributed by atoms with Gasteiger partial charge in [-0.3, -0.25) is 4.90 Å². The summed E-state index contributed by atoms with van der Waals surface area (Å²) in [4.78, 5) is 2.70. The SMILES string of the molecule is CCOCC(C(C)C)N1CC(C)(C)NCC1C(C)C. The first-order chi connectivity index (χ1) is 8.78. The van der Waals surface area contributed by atoms with Gasteiger partial charge in [-0.15, -0.1) is 0 Å². The molecule has 0 spiro atoms. The van der Waals surface area contributed by atoms with Gasteiger partial charge in [0.1, 0.15) is 0 Å². The molecule has 2 unspecified atom stereocenters. The topological polar surface area (TPSA) is 24.5 Å². The molecule has 1 fully saturated rings. The van der Waals surface area contributed by atoms with E-state index in [0.717, 1.165) is 26.3 Å². The molecule has 3 heteroatoms. The highest BCUT2D eigenvalue weighted by Gasteiger charge is 2.38. The zero-order chi connectivity index (χ0) is 14.6. The molecule has 1 aliphatic rings. The van der Waals surface area contributed by atoms with Crippen molar-refractivity contribution in [3.8, 4) is 0 Å². The van der Waals surface area contributed by atoms with Gasteiger partial charge in [0.25, 0.3) is 0 Å². The van der Waals surface area contributed by atoms with E-state index in [1.54, 1.807) is 0 Å². The van der Waals surface area contributed by atoms with Gasteiger partial charge in [-0.25, -0.2) is 0 Å². The molecule has 1 saturated heterocycles. The average Bonchev–Trinajstić information content (AvgIpc) is 2.27. The van der Waals surface area contributed by atoms with E-state index in [-0.39, 0.29) is 5.54 Å². The van der Waals surface area contributed by atoms with Crippen LogP contribution in [0.3, 0.4) is 0 Å². The summed E-state index contributed by atoms with van der Waals surface area (Å²) in [5.74, 6) is 1.30. The van der Waals surface area contributed by atoms with Gasteiger partial charge in [0.05, 0.1) is 6.61 Å². The Kier molecular flexibility index (Phi) is 6.28. The van der Waals surface area contributed by atoms with E-state index in [1.165, 1.54) is 0 Å². The smallest absolute Gasteiger partial charge is 0.0624 e. The Balaban J connectivity index is 2.85. The van der Waals surface area contributed by atoms with Crippen molar-refractivity contribution in [3.63, 3.8) is 0 Å². The van der Waals surface area contributed by atoms with Crippen LogP contribution < -0.4 is 5.32 Å². The first-order valence-corrected chi connectivity index (χ1v) is 7.87. The van der Waals surface area contributed by atoms with Gasteiger partial charge in [-0.1, -0.05) is 27.7 Å². The number of piperazine rings is 1. The average molecular weight is 270 g/mol. The molecule has 1 heterocycles. The second kappa shape index (κ2) is 7.05. The van der Waals surface area contributed by atoms with Crippen molar-refractivity contribution < 1.29 is 4.74 Å². The summed E-state index contributed by atoms with van der Waals surface area (Å²) >= 11 is 0. The highest BCUT2D eigenvalue weighted by molar-refractivity contribution is 4.96. The third kappa shape index (κ3) is 4.73. The molecule has 3 nitrogen and oxygen atoms in total. The Bertz CT molecular complexity index is 263. The normalized spacial score (nSPS) is 26.1. The molecule has 1 N–H and O–H groups in total. The van der Waals surface area contributed by atoms with E-state index >= 15 is 0 Å². The fourth-order valence-corrected chi connectivity index (χ4v) is 3.02. The quantitative estimate of drug-likeness (QED) is 0.803. The van der Waals surface area contributed by atoms with Crippen molar-refractivity contribution in [1.29, 1.82) is 0 Å². The number of nitrogens with one attached hydrogen (secondary N) is 1. The maximum absolute atomic E-state index is 5.74. The first-order valence-electron chi connectivity index (χ1n) is 7.87. The van der Waals surface area contributed by atoms with Crippen molar-refractivity contribution in [2.75, 3.05) is 26.3 Å². The predicted molar refractivity (Wildman–Crippen MR) is 82.5 cm³/mol. The monoisotopic (exact) mass is 270 g/mol. The van der Waals surface area contributed by atoms with Gasteiger partial charge in [-0.05, 0) is 32.6 Å². The van der Waals surface area contributed by atoms with Crippen LogP contribution in [0.15, 0.2) is 0 Å². The Morgan fingerprint density at radius 2 is 1.89 bits per heavy atom. The van der Waals surface area contributed by atoms with Crippen LogP contribution in [0.4, 0.5) is 0 Å². The summed E-state index contributed by atoms with van der Waals surface area (Å²) in [5, 5.41) is 3.69. The predicted octanol–water partition coefficient (Wildman–Crippen LogP) is 2.76. The minimum atomic E-state index is 0.199. The second-order valence-corrected chi connectivity index (χ2v) is 7.22. The summed E-state index contributed by atoms with van der Waals surface area (Å²) in [7, 11) is 0. The Hall–Kier alpha value is -0.120. The van der Waals surface area contributed by atoms with Crippen LogP contribution in [0, 0.1) is 11.8 Å². The molecule has 0 bridgehead atoms. The Morgan fingerprint density at radius 1 is 1.26 bits per heavy atom. The number of rotatable bonds is 6. The second-order valence-electron chi connectivity index (χ2n) is 7.22. The minimum absolute atomic E-state index is 0.199. The third-order valence-electron chi connectivity index (χ3n) is 4.25. The molecule has 0 saturated carbocycles. The van der Waals surface area contributed by atoms with Crippen LogP contribution in [-0.4, -0.2) is 48.8 Å². The lowest BCUT2D eigenvalue weighted by Crippen LogP contribution is -2.66. The van der Waals surface area contributed by atoms with Gasteiger partial charge < -0.3 is 10.1 Å². The number of nitrogens with zero attached hydrogens (tertiary/aromatic N) is 1. The molecule has 0 aromatic rings. The van der Waals surface area contributed by atoms with Gasteiger partial charge in [0.15, 0.2) is 0 Å². The fourth-order valence-electron chi connectivity index (χ4n) is 3.02. The molecule has 0 amide bonds. The maximum Gasteiger partial charge on any atom is 0.0624 e. The third-order valence-corrected chi connectivity index (χ3v) is 4.25. The van der Waals surface area contributed by atoms with Crippen molar-refractivity contribution in [2.24, 2.45) is 11.8 Å².